The quantitative estimate of drug-likeness (QED) is 0.729. The monoisotopic (exact) mass is 291 g/mol. The number of nitrogens with one attached hydrogen (secondary N) is 1. The van der Waals surface area contributed by atoms with Gasteiger partial charge < -0.3 is 9.72 Å². The van der Waals surface area contributed by atoms with Crippen molar-refractivity contribution in [1.29, 1.82) is 0 Å². The van der Waals surface area contributed by atoms with E-state index in [-0.39, 0.29) is 12.1 Å². The van der Waals surface area contributed by atoms with E-state index in [9.17, 15) is 9.59 Å². The van der Waals surface area contributed by atoms with Gasteiger partial charge in [-0.1, -0.05) is 11.6 Å². The molecule has 0 radical (unpaired) electrons. The van der Waals surface area contributed by atoms with Crippen LogP contribution in [0.1, 0.15) is 0 Å². The van der Waals surface area contributed by atoms with Gasteiger partial charge in [0.2, 0.25) is 0 Å². The van der Waals surface area contributed by atoms with E-state index in [4.69, 9.17) is 11.6 Å². The summed E-state index contributed by atoms with van der Waals surface area (Å²) in [6.07, 6.45) is 1.33. The van der Waals surface area contributed by atoms with Gasteiger partial charge in [0.15, 0.2) is 0 Å². The molecule has 1 N–H and O–H groups in total. The van der Waals surface area contributed by atoms with Crippen LogP contribution < -0.4 is 5.56 Å². The largest absolute Gasteiger partial charge is 0.468 e. The van der Waals surface area contributed by atoms with Gasteiger partial charge in [-0.3, -0.25) is 14.2 Å². The molecule has 2 heterocycles. The first kappa shape index (κ1) is 12.7. The van der Waals surface area contributed by atoms with Gasteiger partial charge in [0, 0.05) is 15.9 Å². The number of halogens is 1. The maximum absolute atomic E-state index is 12.3. The van der Waals surface area contributed by atoms with Crippen LogP contribution in [0.2, 0.25) is 5.02 Å². The highest BCUT2D eigenvalue weighted by Gasteiger charge is 2.12. The number of aromatic nitrogens is 3. The van der Waals surface area contributed by atoms with Crippen molar-refractivity contribution >= 4 is 39.5 Å². The fraction of sp³-hybridized carbons (Fsp3) is 0.154. The predicted molar refractivity (Wildman–Crippen MR) is 74.9 cm³/mol. The molecule has 0 saturated carbocycles. The predicted octanol–water partition coefficient (Wildman–Crippen LogP) is 1.70. The van der Waals surface area contributed by atoms with Crippen molar-refractivity contribution < 1.29 is 9.53 Å². The van der Waals surface area contributed by atoms with Gasteiger partial charge >= 0.3 is 5.97 Å². The van der Waals surface area contributed by atoms with E-state index in [0.717, 1.165) is 10.9 Å². The number of hydrogen-bond acceptors (Lipinski definition) is 4. The Kier molecular flexibility index (Phi) is 2.94. The van der Waals surface area contributed by atoms with Gasteiger partial charge in [-0.05, 0) is 18.2 Å². The summed E-state index contributed by atoms with van der Waals surface area (Å²) in [5, 5.41) is 1.34. The molecular weight excluding hydrogens is 282 g/mol. The second-order valence-electron chi connectivity index (χ2n) is 4.29. The number of nitrogens with zero attached hydrogens (tertiary/aromatic N) is 2. The Morgan fingerprint density at radius 2 is 2.30 bits per heavy atom. The molecular formula is C13H10ClN3O3. The minimum Gasteiger partial charge on any atom is -0.468 e. The molecule has 1 aromatic carbocycles. The second kappa shape index (κ2) is 4.64. The molecule has 0 aliphatic carbocycles. The zero-order chi connectivity index (χ0) is 14.3. The van der Waals surface area contributed by atoms with Crippen molar-refractivity contribution in [3.63, 3.8) is 0 Å². The zero-order valence-corrected chi connectivity index (χ0v) is 11.3. The number of rotatable bonds is 2. The van der Waals surface area contributed by atoms with Crippen LogP contribution in [0.5, 0.6) is 0 Å². The van der Waals surface area contributed by atoms with Crippen molar-refractivity contribution in [3.8, 4) is 0 Å². The van der Waals surface area contributed by atoms with Crippen molar-refractivity contribution in [1.82, 2.24) is 14.5 Å². The Balaban J connectivity index is 2.25. The summed E-state index contributed by atoms with van der Waals surface area (Å²) in [6.45, 7) is -0.172. The van der Waals surface area contributed by atoms with Crippen LogP contribution in [0.25, 0.3) is 21.9 Å². The molecule has 0 spiro atoms. The number of carbonyl (C=O) groups is 1. The van der Waals surface area contributed by atoms with Gasteiger partial charge in [0.25, 0.3) is 5.56 Å². The number of fused-ring (bicyclic) bond motifs is 3. The molecule has 0 unspecified atom stereocenters. The number of methoxy groups -OCH3 is 1. The van der Waals surface area contributed by atoms with Crippen LogP contribution in [0.3, 0.4) is 0 Å². The molecule has 0 fully saturated rings. The average Bonchev–Trinajstić information content (AvgIpc) is 2.80. The van der Waals surface area contributed by atoms with Crippen LogP contribution in [-0.2, 0) is 16.1 Å². The average molecular weight is 292 g/mol. The minimum atomic E-state index is -0.507. The Hall–Kier alpha value is -2.34. The lowest BCUT2D eigenvalue weighted by molar-refractivity contribution is -0.141. The standard InChI is InChI=1S/C13H10ClN3O3/c1-20-10(18)5-17-6-15-11-8-4-7(14)2-3-9(8)16-12(11)13(17)19/h2-4,6,16H,5H2,1H3. The fourth-order valence-electron chi connectivity index (χ4n) is 2.08. The van der Waals surface area contributed by atoms with E-state index in [0.29, 0.717) is 16.1 Å². The molecule has 102 valence electrons. The third kappa shape index (κ3) is 1.94. The molecule has 0 saturated heterocycles. The lowest BCUT2D eigenvalue weighted by Crippen LogP contribution is -2.25. The van der Waals surface area contributed by atoms with Gasteiger partial charge in [-0.15, -0.1) is 0 Å². The molecule has 0 atom stereocenters. The summed E-state index contributed by atoms with van der Waals surface area (Å²) < 4.78 is 5.74. The highest BCUT2D eigenvalue weighted by atomic mass is 35.5. The van der Waals surface area contributed by atoms with Crippen molar-refractivity contribution in [3.05, 3.63) is 39.9 Å². The van der Waals surface area contributed by atoms with Crippen LogP contribution in [0.4, 0.5) is 0 Å². The number of carbonyl (C=O) groups excluding carboxylic acids is 1. The molecule has 0 aliphatic rings. The summed E-state index contributed by atoms with van der Waals surface area (Å²) in [5.41, 5.74) is 1.32. The smallest absolute Gasteiger partial charge is 0.325 e. The maximum Gasteiger partial charge on any atom is 0.325 e. The van der Waals surface area contributed by atoms with Gasteiger partial charge in [0.1, 0.15) is 17.6 Å². The van der Waals surface area contributed by atoms with Crippen molar-refractivity contribution in [2.45, 2.75) is 6.54 Å². The van der Waals surface area contributed by atoms with E-state index in [1.54, 1.807) is 18.2 Å². The zero-order valence-electron chi connectivity index (χ0n) is 10.5. The summed E-state index contributed by atoms with van der Waals surface area (Å²) in [4.78, 5) is 30.8. The van der Waals surface area contributed by atoms with Crippen LogP contribution in [-0.4, -0.2) is 27.6 Å². The highest BCUT2D eigenvalue weighted by Crippen LogP contribution is 2.24. The third-order valence-electron chi connectivity index (χ3n) is 3.06. The van der Waals surface area contributed by atoms with Crippen LogP contribution >= 0.6 is 11.6 Å². The molecule has 20 heavy (non-hydrogen) atoms. The molecule has 0 bridgehead atoms. The number of H-pyrrole nitrogens is 1. The first-order valence-electron chi connectivity index (χ1n) is 5.83. The molecule has 7 heteroatoms. The van der Waals surface area contributed by atoms with Crippen LogP contribution in [0, 0.1) is 0 Å². The number of ether oxygens (including phenoxy) is 1. The Morgan fingerprint density at radius 1 is 1.50 bits per heavy atom. The number of aromatic amines is 1. The SMILES string of the molecule is COC(=O)Cn1cnc2c([nH]c3ccc(Cl)cc32)c1=O. The van der Waals surface area contributed by atoms with E-state index < -0.39 is 5.97 Å². The van der Waals surface area contributed by atoms with Crippen LogP contribution in [0.15, 0.2) is 29.3 Å². The number of hydrogen-bond donors (Lipinski definition) is 1. The van der Waals surface area contributed by atoms with Gasteiger partial charge in [0.05, 0.1) is 13.4 Å². The maximum atomic E-state index is 12.3. The molecule has 2 aromatic heterocycles. The summed E-state index contributed by atoms with van der Waals surface area (Å²) in [7, 11) is 1.27. The molecule has 0 aliphatic heterocycles. The molecule has 0 amide bonds. The summed E-state index contributed by atoms with van der Waals surface area (Å²) in [5.74, 6) is -0.507. The van der Waals surface area contributed by atoms with Gasteiger partial charge in [-0.25, -0.2) is 4.98 Å². The Labute approximate surface area is 117 Å². The van der Waals surface area contributed by atoms with Crippen molar-refractivity contribution in [2.24, 2.45) is 0 Å². The second-order valence-corrected chi connectivity index (χ2v) is 4.73. The topological polar surface area (TPSA) is 77.0 Å². The highest BCUT2D eigenvalue weighted by molar-refractivity contribution is 6.31. The first-order chi connectivity index (χ1) is 9.60. The molecule has 3 aromatic rings. The Morgan fingerprint density at radius 3 is 3.05 bits per heavy atom. The van der Waals surface area contributed by atoms with E-state index in [1.807, 2.05) is 0 Å². The van der Waals surface area contributed by atoms with E-state index >= 15 is 0 Å². The Bertz CT molecular complexity index is 882. The third-order valence-corrected chi connectivity index (χ3v) is 3.30. The summed E-state index contributed by atoms with van der Waals surface area (Å²) in [6, 6.07) is 5.25. The lowest BCUT2D eigenvalue weighted by Gasteiger charge is -2.02. The summed E-state index contributed by atoms with van der Waals surface area (Å²) >= 11 is 5.95. The van der Waals surface area contributed by atoms with E-state index in [1.165, 1.54) is 18.0 Å². The fourth-order valence-corrected chi connectivity index (χ4v) is 2.25. The molecule has 6 nitrogen and oxygen atoms in total. The van der Waals surface area contributed by atoms with Gasteiger partial charge in [-0.2, -0.15) is 0 Å². The minimum absolute atomic E-state index is 0.172. The normalized spacial score (nSPS) is 11.1. The number of esters is 1. The first-order valence-corrected chi connectivity index (χ1v) is 6.21. The molecule has 3 rings (SSSR count). The van der Waals surface area contributed by atoms with Crippen molar-refractivity contribution in [2.75, 3.05) is 7.11 Å². The lowest BCUT2D eigenvalue weighted by atomic mass is 10.2. The van der Waals surface area contributed by atoms with E-state index in [2.05, 4.69) is 14.7 Å². The number of benzene rings is 1.